The number of nitrogens with zero attached hydrogens (tertiary/aromatic N) is 4. The van der Waals surface area contributed by atoms with Crippen molar-refractivity contribution in [1.82, 2.24) is 25.1 Å². The second-order valence-electron chi connectivity index (χ2n) is 8.29. The number of rotatable bonds is 8. The number of fused-ring (bicyclic) bond motifs is 3. The second kappa shape index (κ2) is 9.82. The van der Waals surface area contributed by atoms with E-state index in [2.05, 4.69) is 15.5 Å². The number of hydrogen-bond donors (Lipinski definition) is 1. The van der Waals surface area contributed by atoms with Gasteiger partial charge in [-0.2, -0.15) is 0 Å². The summed E-state index contributed by atoms with van der Waals surface area (Å²) in [5.41, 5.74) is 2.64. The lowest BCUT2D eigenvalue weighted by Gasteiger charge is -2.14. The van der Waals surface area contributed by atoms with Gasteiger partial charge in [-0.25, -0.2) is 13.8 Å². The van der Waals surface area contributed by atoms with Gasteiger partial charge in [0.1, 0.15) is 17.2 Å². The van der Waals surface area contributed by atoms with Crippen LogP contribution >= 0.6 is 11.8 Å². The molecule has 0 spiro atoms. The molecule has 0 aliphatic carbocycles. The highest BCUT2D eigenvalue weighted by atomic mass is 32.2. The third kappa shape index (κ3) is 5.13. The number of carbonyl (C=O) groups is 1. The Balaban J connectivity index is 1.73. The predicted octanol–water partition coefficient (Wildman–Crippen LogP) is 4.95. The van der Waals surface area contributed by atoms with Crippen molar-refractivity contribution < 1.29 is 13.6 Å². The van der Waals surface area contributed by atoms with Crippen molar-refractivity contribution in [1.29, 1.82) is 0 Å². The van der Waals surface area contributed by atoms with E-state index in [1.807, 2.05) is 25.3 Å². The first-order valence-corrected chi connectivity index (χ1v) is 11.7. The van der Waals surface area contributed by atoms with Gasteiger partial charge in [-0.3, -0.25) is 4.79 Å². The van der Waals surface area contributed by atoms with Crippen molar-refractivity contribution in [2.24, 2.45) is 5.92 Å². The summed E-state index contributed by atoms with van der Waals surface area (Å²) in [5.74, 6) is -0.398. The van der Waals surface area contributed by atoms with Gasteiger partial charge in [0.05, 0.1) is 10.8 Å². The molecule has 172 valence electrons. The van der Waals surface area contributed by atoms with Crippen molar-refractivity contribution >= 4 is 39.7 Å². The number of amides is 1. The highest BCUT2D eigenvalue weighted by Gasteiger charge is 2.22. The molecule has 0 aliphatic heterocycles. The molecule has 2 aromatic carbocycles. The van der Waals surface area contributed by atoms with E-state index >= 15 is 0 Å². The van der Waals surface area contributed by atoms with E-state index in [4.69, 9.17) is 4.98 Å². The van der Waals surface area contributed by atoms with Crippen LogP contribution in [0.1, 0.15) is 32.8 Å². The van der Waals surface area contributed by atoms with Gasteiger partial charge in [-0.1, -0.05) is 44.7 Å². The normalized spacial score (nSPS) is 12.5. The molecule has 0 fully saturated rings. The number of benzene rings is 2. The van der Waals surface area contributed by atoms with Crippen LogP contribution in [0.5, 0.6) is 0 Å². The molecule has 4 aromatic rings. The summed E-state index contributed by atoms with van der Waals surface area (Å²) in [6, 6.07) is 10.7. The molecule has 4 rings (SSSR count). The number of aromatic nitrogens is 4. The number of halogens is 2. The monoisotopic (exact) mass is 469 g/mol. The molecule has 6 nitrogen and oxygen atoms in total. The molecule has 0 saturated carbocycles. The topological polar surface area (TPSA) is 72.7 Å². The van der Waals surface area contributed by atoms with Gasteiger partial charge < -0.3 is 9.88 Å². The number of hydrogen-bond acceptors (Lipinski definition) is 5. The van der Waals surface area contributed by atoms with Crippen molar-refractivity contribution in [3.63, 3.8) is 0 Å². The Hall–Kier alpha value is -3.07. The second-order valence-corrected chi connectivity index (χ2v) is 9.46. The predicted molar refractivity (Wildman–Crippen MR) is 126 cm³/mol. The summed E-state index contributed by atoms with van der Waals surface area (Å²) in [7, 11) is 0. The Kier molecular flexibility index (Phi) is 6.88. The third-order valence-corrected chi connectivity index (χ3v) is 6.47. The number of nitrogens with one attached hydrogen (secondary N) is 1. The summed E-state index contributed by atoms with van der Waals surface area (Å²) in [6.07, 6.45) is 0.611. The Morgan fingerprint density at radius 1 is 1.09 bits per heavy atom. The van der Waals surface area contributed by atoms with E-state index in [-0.39, 0.29) is 22.8 Å². The molecule has 1 unspecified atom stereocenters. The Labute approximate surface area is 194 Å². The zero-order chi connectivity index (χ0) is 23.5. The first-order valence-electron chi connectivity index (χ1n) is 10.9. The molecule has 33 heavy (non-hydrogen) atoms. The van der Waals surface area contributed by atoms with E-state index in [1.54, 1.807) is 18.2 Å². The lowest BCUT2D eigenvalue weighted by Crippen LogP contribution is -2.34. The van der Waals surface area contributed by atoms with Gasteiger partial charge in [-0.05, 0) is 48.2 Å². The molecule has 1 amide bonds. The zero-order valence-electron chi connectivity index (χ0n) is 18.7. The van der Waals surface area contributed by atoms with Crippen molar-refractivity contribution in [3.05, 3.63) is 59.7 Å². The Morgan fingerprint density at radius 2 is 1.82 bits per heavy atom. The van der Waals surface area contributed by atoms with E-state index in [1.165, 1.54) is 36.0 Å². The van der Waals surface area contributed by atoms with Crippen LogP contribution in [0.3, 0.4) is 0 Å². The van der Waals surface area contributed by atoms with Gasteiger partial charge in [0.15, 0.2) is 5.65 Å². The molecule has 0 radical (unpaired) electrons. The van der Waals surface area contributed by atoms with Crippen molar-refractivity contribution in [2.45, 2.75) is 44.1 Å². The highest BCUT2D eigenvalue weighted by Crippen LogP contribution is 2.30. The van der Waals surface area contributed by atoms with Crippen LogP contribution in [0.15, 0.2) is 47.6 Å². The minimum Gasteiger partial charge on any atom is -0.355 e. The molecule has 1 atom stereocenters. The van der Waals surface area contributed by atoms with Crippen molar-refractivity contribution in [2.75, 3.05) is 6.54 Å². The Morgan fingerprint density at radius 3 is 2.52 bits per heavy atom. The largest absolute Gasteiger partial charge is 0.355 e. The summed E-state index contributed by atoms with van der Waals surface area (Å²) in [6.45, 7) is 7.02. The maximum Gasteiger partial charge on any atom is 0.233 e. The van der Waals surface area contributed by atoms with Crippen LogP contribution in [0.25, 0.3) is 22.1 Å². The van der Waals surface area contributed by atoms with Crippen LogP contribution in [0.2, 0.25) is 0 Å². The molecule has 9 heteroatoms. The smallest absolute Gasteiger partial charge is 0.233 e. The maximum atomic E-state index is 14.0. The minimum atomic E-state index is -0.378. The highest BCUT2D eigenvalue weighted by molar-refractivity contribution is 8.00. The van der Waals surface area contributed by atoms with E-state index in [0.717, 1.165) is 11.1 Å². The van der Waals surface area contributed by atoms with Gasteiger partial charge in [0, 0.05) is 18.5 Å². The first kappa shape index (κ1) is 23.1. The lowest BCUT2D eigenvalue weighted by atomic mass is 10.2. The zero-order valence-corrected chi connectivity index (χ0v) is 19.5. The number of thioether (sulfide) groups is 1. The average molecular weight is 470 g/mol. The molecule has 2 heterocycles. The molecule has 2 aromatic heterocycles. The van der Waals surface area contributed by atoms with Crippen LogP contribution in [-0.4, -0.2) is 37.5 Å². The minimum absolute atomic E-state index is 0.0613. The summed E-state index contributed by atoms with van der Waals surface area (Å²) in [4.78, 5) is 17.3. The molecule has 0 bridgehead atoms. The fourth-order valence-corrected chi connectivity index (χ4v) is 4.40. The van der Waals surface area contributed by atoms with Crippen LogP contribution < -0.4 is 5.32 Å². The molecule has 0 aliphatic rings. The van der Waals surface area contributed by atoms with Gasteiger partial charge in [0.25, 0.3) is 0 Å². The van der Waals surface area contributed by atoms with Gasteiger partial charge >= 0.3 is 0 Å². The average Bonchev–Trinajstić information content (AvgIpc) is 3.09. The standard InChI is InChI=1S/C24H25F2N5OS/c1-4-20(23(32)27-12-14(2)3)33-24-28-22-21(29-30-24)18-11-17(26)9-10-19(18)31(22)13-15-5-7-16(25)8-6-15/h5-11,14,20H,4,12-13H2,1-3H3,(H,27,32). The lowest BCUT2D eigenvalue weighted by molar-refractivity contribution is -0.120. The van der Waals surface area contributed by atoms with Gasteiger partial charge in [-0.15, -0.1) is 10.2 Å². The first-order chi connectivity index (χ1) is 15.9. The SMILES string of the molecule is CCC(Sc1nnc2c3cc(F)ccc3n(Cc3ccc(F)cc3)c2n1)C(=O)NCC(C)C. The molecular formula is C24H25F2N5OS. The van der Waals surface area contributed by atoms with Gasteiger partial charge in [0.2, 0.25) is 11.1 Å². The van der Waals surface area contributed by atoms with E-state index in [0.29, 0.717) is 47.1 Å². The molecular weight excluding hydrogens is 444 g/mol. The fraction of sp³-hybridized carbons (Fsp3) is 0.333. The Bertz CT molecular complexity index is 1290. The fourth-order valence-electron chi connectivity index (χ4n) is 3.56. The van der Waals surface area contributed by atoms with Crippen molar-refractivity contribution in [3.8, 4) is 0 Å². The van der Waals surface area contributed by atoms with E-state index in [9.17, 15) is 13.6 Å². The molecule has 1 N–H and O–H groups in total. The van der Waals surface area contributed by atoms with Crippen LogP contribution in [-0.2, 0) is 11.3 Å². The van der Waals surface area contributed by atoms with Crippen LogP contribution in [0, 0.1) is 17.6 Å². The quantitative estimate of drug-likeness (QED) is 0.370. The number of carbonyl (C=O) groups excluding carboxylic acids is 1. The van der Waals surface area contributed by atoms with E-state index < -0.39 is 0 Å². The summed E-state index contributed by atoms with van der Waals surface area (Å²) < 4.78 is 29.3. The maximum absolute atomic E-state index is 14.0. The summed E-state index contributed by atoms with van der Waals surface area (Å²) >= 11 is 1.26. The molecule has 0 saturated heterocycles. The third-order valence-electron chi connectivity index (χ3n) is 5.26. The summed E-state index contributed by atoms with van der Waals surface area (Å²) in [5, 5.41) is 12.1. The van der Waals surface area contributed by atoms with Crippen LogP contribution in [0.4, 0.5) is 8.78 Å².